The zero-order chi connectivity index (χ0) is 19.8. The summed E-state index contributed by atoms with van der Waals surface area (Å²) in [4.78, 5) is 21.2. The highest BCUT2D eigenvalue weighted by Gasteiger charge is 2.25. The van der Waals surface area contributed by atoms with E-state index in [4.69, 9.17) is 11.6 Å². The van der Waals surface area contributed by atoms with E-state index in [0.29, 0.717) is 28.6 Å². The van der Waals surface area contributed by atoms with Crippen molar-refractivity contribution in [2.45, 2.75) is 25.4 Å². The van der Waals surface area contributed by atoms with Crippen LogP contribution < -0.4 is 10.6 Å². The number of anilines is 1. The highest BCUT2D eigenvalue weighted by molar-refractivity contribution is 6.34. The third-order valence-electron chi connectivity index (χ3n) is 4.86. The molecule has 8 nitrogen and oxygen atoms in total. The summed E-state index contributed by atoms with van der Waals surface area (Å²) in [7, 11) is 0. The van der Waals surface area contributed by atoms with Crippen molar-refractivity contribution in [2.24, 2.45) is 0 Å². The Labute approximate surface area is 171 Å². The number of hydrogen-bond acceptors (Lipinski definition) is 5. The lowest BCUT2D eigenvalue weighted by Gasteiger charge is -2.09. The van der Waals surface area contributed by atoms with E-state index in [0.717, 1.165) is 29.7 Å². The van der Waals surface area contributed by atoms with Crippen LogP contribution in [-0.4, -0.2) is 36.5 Å². The molecule has 3 heterocycles. The van der Waals surface area contributed by atoms with E-state index in [9.17, 15) is 4.79 Å². The van der Waals surface area contributed by atoms with Crippen LogP contribution in [0.2, 0.25) is 5.02 Å². The molecule has 1 aromatic carbocycles. The van der Waals surface area contributed by atoms with E-state index in [-0.39, 0.29) is 11.9 Å². The van der Waals surface area contributed by atoms with E-state index < -0.39 is 0 Å². The summed E-state index contributed by atoms with van der Waals surface area (Å²) in [5.41, 5.74) is 3.95. The Morgan fingerprint density at radius 2 is 2.17 bits per heavy atom. The van der Waals surface area contributed by atoms with Gasteiger partial charge in [0.25, 0.3) is 5.91 Å². The number of imidazole rings is 1. The minimum absolute atomic E-state index is 0.128. The molecule has 5 rings (SSSR count). The molecule has 9 heteroatoms. The van der Waals surface area contributed by atoms with Gasteiger partial charge in [0.1, 0.15) is 0 Å². The number of nitrogens with zero attached hydrogens (tertiary/aromatic N) is 4. The van der Waals surface area contributed by atoms with E-state index in [1.165, 1.54) is 0 Å². The average Bonchev–Trinajstić information content (AvgIpc) is 3.20. The number of carbonyl (C=O) groups is 1. The highest BCUT2D eigenvalue weighted by atomic mass is 35.5. The molecule has 0 bridgehead atoms. The Hall–Kier alpha value is -3.39. The Bertz CT molecular complexity index is 1180. The number of halogens is 1. The number of aromatic nitrogens is 5. The second-order valence-electron chi connectivity index (χ2n) is 7.02. The number of carbonyl (C=O) groups excluding carboxylic acids is 1. The van der Waals surface area contributed by atoms with Crippen LogP contribution in [0.3, 0.4) is 0 Å². The molecule has 4 aromatic rings. The van der Waals surface area contributed by atoms with Gasteiger partial charge in [-0.1, -0.05) is 17.7 Å². The smallest absolute Gasteiger partial charge is 0.253 e. The number of aromatic amines is 1. The Balaban J connectivity index is 1.43. The van der Waals surface area contributed by atoms with E-state index >= 15 is 0 Å². The lowest BCUT2D eigenvalue weighted by atomic mass is 10.1. The maximum atomic E-state index is 12.3. The summed E-state index contributed by atoms with van der Waals surface area (Å²) in [5.74, 6) is 0.545. The summed E-state index contributed by atoms with van der Waals surface area (Å²) in [5, 5.41) is 13.4. The van der Waals surface area contributed by atoms with Crippen LogP contribution in [0.25, 0.3) is 16.9 Å². The van der Waals surface area contributed by atoms with Crippen molar-refractivity contribution < 1.29 is 4.79 Å². The monoisotopic (exact) mass is 407 g/mol. The molecule has 1 fully saturated rings. The van der Waals surface area contributed by atoms with Crippen molar-refractivity contribution in [3.63, 3.8) is 0 Å². The first kappa shape index (κ1) is 17.7. The van der Waals surface area contributed by atoms with Crippen molar-refractivity contribution in [3.05, 3.63) is 65.3 Å². The fraction of sp³-hybridized carbons (Fsp3) is 0.200. The molecule has 1 saturated carbocycles. The van der Waals surface area contributed by atoms with Crippen LogP contribution in [0, 0.1) is 0 Å². The quantitative estimate of drug-likeness (QED) is 0.455. The lowest BCUT2D eigenvalue weighted by Crippen LogP contribution is -2.25. The van der Waals surface area contributed by atoms with Crippen molar-refractivity contribution in [1.29, 1.82) is 0 Å². The van der Waals surface area contributed by atoms with Crippen molar-refractivity contribution in [2.75, 3.05) is 5.32 Å². The molecule has 1 amide bonds. The SMILES string of the molecule is O=C(NC1CC1)c1ccc(-c2cnc3c(NCc4cn[nH]c4)nccn23)cc1Cl. The minimum atomic E-state index is -0.128. The molecule has 146 valence electrons. The first-order valence-corrected chi connectivity index (χ1v) is 9.71. The molecular formula is C20H18ClN7O. The third-order valence-corrected chi connectivity index (χ3v) is 5.18. The van der Waals surface area contributed by atoms with Gasteiger partial charge in [-0.15, -0.1) is 0 Å². The van der Waals surface area contributed by atoms with Gasteiger partial charge in [-0.3, -0.25) is 14.3 Å². The average molecular weight is 408 g/mol. The molecule has 0 radical (unpaired) electrons. The van der Waals surface area contributed by atoms with Gasteiger partial charge in [0.2, 0.25) is 0 Å². The molecule has 29 heavy (non-hydrogen) atoms. The highest BCUT2D eigenvalue weighted by Crippen LogP contribution is 2.28. The van der Waals surface area contributed by atoms with Gasteiger partial charge in [-0.05, 0) is 25.0 Å². The molecule has 0 spiro atoms. The van der Waals surface area contributed by atoms with Crippen LogP contribution in [0.1, 0.15) is 28.8 Å². The van der Waals surface area contributed by atoms with E-state index in [2.05, 4.69) is 30.8 Å². The predicted octanol–water partition coefficient (Wildman–Crippen LogP) is 3.28. The van der Waals surface area contributed by atoms with Crippen molar-refractivity contribution in [3.8, 4) is 11.3 Å². The Morgan fingerprint density at radius 3 is 2.93 bits per heavy atom. The lowest BCUT2D eigenvalue weighted by molar-refractivity contribution is 0.0951. The normalized spacial score (nSPS) is 13.6. The van der Waals surface area contributed by atoms with Gasteiger partial charge in [-0.25, -0.2) is 9.97 Å². The fourth-order valence-electron chi connectivity index (χ4n) is 3.17. The Morgan fingerprint density at radius 1 is 1.28 bits per heavy atom. The first-order chi connectivity index (χ1) is 14.2. The molecule has 0 aliphatic heterocycles. The molecule has 1 aliphatic rings. The Kier molecular flexibility index (Phi) is 4.40. The molecule has 0 atom stereocenters. The number of nitrogens with one attached hydrogen (secondary N) is 3. The first-order valence-electron chi connectivity index (χ1n) is 9.33. The maximum absolute atomic E-state index is 12.3. The summed E-state index contributed by atoms with van der Waals surface area (Å²) >= 11 is 6.41. The minimum Gasteiger partial charge on any atom is -0.363 e. The van der Waals surface area contributed by atoms with Gasteiger partial charge in [0.05, 0.1) is 28.7 Å². The molecule has 0 saturated heterocycles. The number of H-pyrrole nitrogens is 1. The summed E-state index contributed by atoms with van der Waals surface area (Å²) in [6.07, 6.45) is 11.0. The van der Waals surface area contributed by atoms with Gasteiger partial charge in [-0.2, -0.15) is 5.10 Å². The molecule has 1 aliphatic carbocycles. The number of amides is 1. The summed E-state index contributed by atoms with van der Waals surface area (Å²) in [6, 6.07) is 5.73. The van der Waals surface area contributed by atoms with Gasteiger partial charge < -0.3 is 10.6 Å². The standard InChI is InChI=1S/C20H18ClN7O/c21-16-7-13(1-4-15(16)20(29)27-14-2-3-14)17-11-24-19-18(22-5-6-28(17)19)23-8-12-9-25-26-10-12/h1,4-7,9-11,14H,2-3,8H2,(H,22,23)(H,25,26)(H,27,29). The third kappa shape index (κ3) is 3.54. The topological polar surface area (TPSA) is 100 Å². The maximum Gasteiger partial charge on any atom is 0.253 e. The summed E-state index contributed by atoms with van der Waals surface area (Å²) in [6.45, 7) is 0.585. The number of benzene rings is 1. The molecule has 3 N–H and O–H groups in total. The number of fused-ring (bicyclic) bond motifs is 1. The van der Waals surface area contributed by atoms with Crippen molar-refractivity contribution >= 4 is 29.0 Å². The predicted molar refractivity (Wildman–Crippen MR) is 110 cm³/mol. The molecular weight excluding hydrogens is 390 g/mol. The van der Waals surface area contributed by atoms with Crippen molar-refractivity contribution in [1.82, 2.24) is 29.9 Å². The van der Waals surface area contributed by atoms with Crippen LogP contribution >= 0.6 is 11.6 Å². The fourth-order valence-corrected chi connectivity index (χ4v) is 3.43. The zero-order valence-corrected chi connectivity index (χ0v) is 16.1. The van der Waals surface area contributed by atoms with Gasteiger partial charge in [0, 0.05) is 42.3 Å². The second-order valence-corrected chi connectivity index (χ2v) is 7.42. The second kappa shape index (κ2) is 7.21. The van der Waals surface area contributed by atoms with Gasteiger partial charge >= 0.3 is 0 Å². The van der Waals surface area contributed by atoms with E-state index in [1.807, 2.05) is 22.9 Å². The van der Waals surface area contributed by atoms with Crippen LogP contribution in [0.15, 0.2) is 49.2 Å². The molecule has 3 aromatic heterocycles. The van der Waals surface area contributed by atoms with Crippen LogP contribution in [0.5, 0.6) is 0 Å². The number of hydrogen-bond donors (Lipinski definition) is 3. The van der Waals surface area contributed by atoms with Crippen LogP contribution in [-0.2, 0) is 6.54 Å². The number of rotatable bonds is 6. The van der Waals surface area contributed by atoms with Crippen LogP contribution in [0.4, 0.5) is 5.82 Å². The van der Waals surface area contributed by atoms with Gasteiger partial charge in [0.15, 0.2) is 11.5 Å². The zero-order valence-electron chi connectivity index (χ0n) is 15.4. The largest absolute Gasteiger partial charge is 0.363 e. The summed E-state index contributed by atoms with van der Waals surface area (Å²) < 4.78 is 1.94. The van der Waals surface area contributed by atoms with E-state index in [1.54, 1.807) is 30.7 Å². The molecule has 0 unspecified atom stereocenters.